The van der Waals surface area contributed by atoms with Crippen molar-refractivity contribution in [1.82, 2.24) is 4.98 Å². The Morgan fingerprint density at radius 2 is 2.21 bits per heavy atom. The van der Waals surface area contributed by atoms with E-state index in [2.05, 4.69) is 29.2 Å². The molecule has 0 atom stereocenters. The number of nitrogens with one attached hydrogen (secondary N) is 1. The number of benzene rings is 1. The highest BCUT2D eigenvalue weighted by Crippen LogP contribution is 2.15. The Kier molecular flexibility index (Phi) is 2.65. The molecule has 0 saturated heterocycles. The summed E-state index contributed by atoms with van der Waals surface area (Å²) in [7, 11) is 0. The monoisotopic (exact) mass is 187 g/mol. The number of aliphatic hydroxyl groups is 1. The van der Waals surface area contributed by atoms with E-state index in [1.54, 1.807) is 0 Å². The zero-order chi connectivity index (χ0) is 9.80. The molecular formula is C12H13NO. The van der Waals surface area contributed by atoms with E-state index >= 15 is 0 Å². The van der Waals surface area contributed by atoms with Crippen LogP contribution in [0.25, 0.3) is 17.0 Å². The van der Waals surface area contributed by atoms with Gasteiger partial charge in [0, 0.05) is 18.3 Å². The van der Waals surface area contributed by atoms with Gasteiger partial charge in [-0.25, -0.2) is 0 Å². The van der Waals surface area contributed by atoms with E-state index in [1.165, 1.54) is 10.9 Å². The van der Waals surface area contributed by atoms with E-state index in [0.29, 0.717) is 6.42 Å². The Morgan fingerprint density at radius 1 is 1.29 bits per heavy atom. The average molecular weight is 187 g/mol. The fourth-order valence-electron chi connectivity index (χ4n) is 1.47. The Labute approximate surface area is 82.9 Å². The van der Waals surface area contributed by atoms with Crippen LogP contribution in [-0.2, 0) is 0 Å². The summed E-state index contributed by atoms with van der Waals surface area (Å²) in [4.78, 5) is 3.15. The van der Waals surface area contributed by atoms with Gasteiger partial charge in [-0.2, -0.15) is 0 Å². The van der Waals surface area contributed by atoms with Crippen molar-refractivity contribution in [1.29, 1.82) is 0 Å². The van der Waals surface area contributed by atoms with Gasteiger partial charge in [0.15, 0.2) is 0 Å². The number of hydrogen-bond acceptors (Lipinski definition) is 1. The van der Waals surface area contributed by atoms with Crippen molar-refractivity contribution in [3.63, 3.8) is 0 Å². The van der Waals surface area contributed by atoms with Crippen LogP contribution in [0.3, 0.4) is 0 Å². The minimum atomic E-state index is 0.211. The number of aliphatic hydroxyl groups excluding tert-OH is 1. The maximum absolute atomic E-state index is 8.63. The Hall–Kier alpha value is -1.54. The number of H-pyrrole nitrogens is 1. The van der Waals surface area contributed by atoms with Crippen molar-refractivity contribution in [2.45, 2.75) is 6.42 Å². The van der Waals surface area contributed by atoms with Gasteiger partial charge in [0.2, 0.25) is 0 Å². The van der Waals surface area contributed by atoms with E-state index in [-0.39, 0.29) is 6.61 Å². The van der Waals surface area contributed by atoms with Gasteiger partial charge in [-0.1, -0.05) is 18.2 Å². The summed E-state index contributed by atoms with van der Waals surface area (Å²) in [5.74, 6) is 0. The van der Waals surface area contributed by atoms with Crippen LogP contribution >= 0.6 is 0 Å². The lowest BCUT2D eigenvalue weighted by molar-refractivity contribution is 0.303. The van der Waals surface area contributed by atoms with Crippen LogP contribution < -0.4 is 0 Å². The molecule has 1 aromatic carbocycles. The van der Waals surface area contributed by atoms with Gasteiger partial charge in [-0.3, -0.25) is 0 Å². The molecule has 0 radical (unpaired) electrons. The lowest BCUT2D eigenvalue weighted by Gasteiger charge is -1.94. The van der Waals surface area contributed by atoms with Gasteiger partial charge in [0.25, 0.3) is 0 Å². The van der Waals surface area contributed by atoms with E-state index in [0.717, 1.165) is 5.52 Å². The molecule has 0 bridgehead atoms. The molecule has 0 saturated carbocycles. The summed E-state index contributed by atoms with van der Waals surface area (Å²) in [5, 5.41) is 9.85. The molecule has 2 aromatic rings. The SMILES string of the molecule is OCCC=Cc1ccc2[nH]ccc2c1. The summed E-state index contributed by atoms with van der Waals surface area (Å²) in [6, 6.07) is 8.30. The molecule has 2 nitrogen and oxygen atoms in total. The fraction of sp³-hybridized carbons (Fsp3) is 0.167. The molecule has 0 amide bonds. The number of hydrogen-bond donors (Lipinski definition) is 2. The first-order valence-electron chi connectivity index (χ1n) is 4.75. The molecule has 0 spiro atoms. The topological polar surface area (TPSA) is 36.0 Å². The first kappa shape index (κ1) is 9.03. The Balaban J connectivity index is 2.25. The second-order valence-electron chi connectivity index (χ2n) is 3.24. The predicted octanol–water partition coefficient (Wildman–Crippen LogP) is 2.56. The smallest absolute Gasteiger partial charge is 0.0465 e. The lowest BCUT2D eigenvalue weighted by Crippen LogP contribution is -1.76. The third-order valence-corrected chi connectivity index (χ3v) is 2.18. The number of aromatic nitrogens is 1. The molecule has 72 valence electrons. The summed E-state index contributed by atoms with van der Waals surface area (Å²) in [6.07, 6.45) is 6.66. The highest BCUT2D eigenvalue weighted by Gasteiger charge is 1.93. The molecule has 2 heteroatoms. The van der Waals surface area contributed by atoms with Crippen LogP contribution in [0.1, 0.15) is 12.0 Å². The molecule has 0 aliphatic carbocycles. The molecule has 14 heavy (non-hydrogen) atoms. The number of rotatable bonds is 3. The number of aromatic amines is 1. The maximum atomic E-state index is 8.63. The first-order valence-corrected chi connectivity index (χ1v) is 4.75. The molecule has 0 aliphatic heterocycles. The fourth-order valence-corrected chi connectivity index (χ4v) is 1.47. The maximum Gasteiger partial charge on any atom is 0.0465 e. The molecule has 0 aliphatic rings. The second-order valence-corrected chi connectivity index (χ2v) is 3.24. The largest absolute Gasteiger partial charge is 0.396 e. The van der Waals surface area contributed by atoms with E-state index in [1.807, 2.05) is 18.3 Å². The lowest BCUT2D eigenvalue weighted by atomic mass is 10.1. The molecule has 1 aromatic heterocycles. The highest BCUT2D eigenvalue weighted by molar-refractivity contribution is 5.81. The predicted molar refractivity (Wildman–Crippen MR) is 59.0 cm³/mol. The van der Waals surface area contributed by atoms with Crippen molar-refractivity contribution >= 4 is 17.0 Å². The second kappa shape index (κ2) is 4.11. The average Bonchev–Trinajstić information content (AvgIpc) is 2.65. The zero-order valence-corrected chi connectivity index (χ0v) is 7.90. The van der Waals surface area contributed by atoms with Crippen LogP contribution in [0, 0.1) is 0 Å². The van der Waals surface area contributed by atoms with Crippen LogP contribution in [0.4, 0.5) is 0 Å². The molecule has 2 N–H and O–H groups in total. The van der Waals surface area contributed by atoms with Gasteiger partial charge in [0.1, 0.15) is 0 Å². The van der Waals surface area contributed by atoms with Crippen molar-refractivity contribution in [3.8, 4) is 0 Å². The number of fused-ring (bicyclic) bond motifs is 1. The molecule has 2 rings (SSSR count). The van der Waals surface area contributed by atoms with Crippen molar-refractivity contribution < 1.29 is 5.11 Å². The van der Waals surface area contributed by atoms with Gasteiger partial charge in [0.05, 0.1) is 0 Å². The van der Waals surface area contributed by atoms with Crippen molar-refractivity contribution in [2.24, 2.45) is 0 Å². The van der Waals surface area contributed by atoms with Crippen LogP contribution in [0.2, 0.25) is 0 Å². The van der Waals surface area contributed by atoms with Crippen molar-refractivity contribution in [3.05, 3.63) is 42.1 Å². The summed E-state index contributed by atoms with van der Waals surface area (Å²) < 4.78 is 0. The first-order chi connectivity index (χ1) is 6.90. The third kappa shape index (κ3) is 1.86. The minimum absolute atomic E-state index is 0.211. The normalized spacial score (nSPS) is 11.5. The van der Waals surface area contributed by atoms with Gasteiger partial charge in [-0.15, -0.1) is 0 Å². The molecule has 0 unspecified atom stereocenters. The molecule has 1 heterocycles. The summed E-state index contributed by atoms with van der Waals surface area (Å²) in [6.45, 7) is 0.211. The molecular weight excluding hydrogens is 174 g/mol. The van der Waals surface area contributed by atoms with E-state index < -0.39 is 0 Å². The van der Waals surface area contributed by atoms with Gasteiger partial charge < -0.3 is 10.1 Å². The summed E-state index contributed by atoms with van der Waals surface area (Å²) in [5.41, 5.74) is 2.33. The van der Waals surface area contributed by atoms with Crippen molar-refractivity contribution in [2.75, 3.05) is 6.61 Å². The minimum Gasteiger partial charge on any atom is -0.396 e. The third-order valence-electron chi connectivity index (χ3n) is 2.18. The van der Waals surface area contributed by atoms with Crippen LogP contribution in [-0.4, -0.2) is 16.7 Å². The zero-order valence-electron chi connectivity index (χ0n) is 7.90. The molecule has 0 fully saturated rings. The van der Waals surface area contributed by atoms with Crippen LogP contribution in [0.5, 0.6) is 0 Å². The van der Waals surface area contributed by atoms with Gasteiger partial charge in [-0.05, 0) is 35.6 Å². The van der Waals surface area contributed by atoms with E-state index in [9.17, 15) is 0 Å². The highest BCUT2D eigenvalue weighted by atomic mass is 16.2. The Morgan fingerprint density at radius 3 is 3.07 bits per heavy atom. The Bertz CT molecular complexity index is 442. The van der Waals surface area contributed by atoms with Gasteiger partial charge >= 0.3 is 0 Å². The summed E-state index contributed by atoms with van der Waals surface area (Å²) >= 11 is 0. The standard InChI is InChI=1S/C12H13NO/c14-8-2-1-3-10-4-5-12-11(9-10)6-7-13-12/h1,3-7,9,13-14H,2,8H2. The van der Waals surface area contributed by atoms with E-state index in [4.69, 9.17) is 5.11 Å². The quantitative estimate of drug-likeness (QED) is 0.761. The van der Waals surface area contributed by atoms with Crippen LogP contribution in [0.15, 0.2) is 36.5 Å².